The molecule has 4 nitrogen and oxygen atoms in total. The second-order valence-corrected chi connectivity index (χ2v) is 4.65. The van der Waals surface area contributed by atoms with Crippen LogP contribution in [0.2, 0.25) is 5.02 Å². The van der Waals surface area contributed by atoms with Crippen molar-refractivity contribution >= 4 is 41.5 Å². The van der Waals surface area contributed by atoms with Gasteiger partial charge in [-0.3, -0.25) is 4.99 Å². The highest BCUT2D eigenvalue weighted by atomic mass is 127. The summed E-state index contributed by atoms with van der Waals surface area (Å²) in [6, 6.07) is 7.86. The number of nitrogens with zero attached hydrogens (tertiary/aromatic N) is 2. The zero-order valence-corrected chi connectivity index (χ0v) is 15.3. The third kappa shape index (κ3) is 7.31. The fourth-order valence-corrected chi connectivity index (χ4v) is 1.91. The summed E-state index contributed by atoms with van der Waals surface area (Å²) in [5, 5.41) is 4.02. The van der Waals surface area contributed by atoms with Crippen molar-refractivity contribution in [1.82, 2.24) is 10.2 Å². The predicted octanol–water partition coefficient (Wildman–Crippen LogP) is 3.00. The third-order valence-corrected chi connectivity index (χ3v) is 2.80. The number of methoxy groups -OCH3 is 1. The lowest BCUT2D eigenvalue weighted by Crippen LogP contribution is -2.38. The van der Waals surface area contributed by atoms with Crippen LogP contribution in [0.5, 0.6) is 0 Å². The number of rotatable bonds is 6. The summed E-state index contributed by atoms with van der Waals surface area (Å²) in [7, 11) is 3.69. The number of nitrogens with one attached hydrogen (secondary N) is 1. The third-order valence-electron chi connectivity index (χ3n) is 2.56. The highest BCUT2D eigenvalue weighted by molar-refractivity contribution is 14.0. The topological polar surface area (TPSA) is 36.9 Å². The molecule has 0 fully saturated rings. The van der Waals surface area contributed by atoms with Crippen molar-refractivity contribution in [2.75, 3.05) is 33.9 Å². The van der Waals surface area contributed by atoms with Gasteiger partial charge < -0.3 is 15.0 Å². The number of benzene rings is 1. The first-order valence-corrected chi connectivity index (χ1v) is 6.78. The van der Waals surface area contributed by atoms with E-state index in [4.69, 9.17) is 16.3 Å². The summed E-state index contributed by atoms with van der Waals surface area (Å²) in [4.78, 5) is 6.57. The van der Waals surface area contributed by atoms with Crippen molar-refractivity contribution in [2.24, 2.45) is 4.99 Å². The molecule has 0 saturated carbocycles. The molecule has 0 aliphatic rings. The molecule has 0 spiro atoms. The fourth-order valence-electron chi connectivity index (χ4n) is 1.70. The van der Waals surface area contributed by atoms with Crippen LogP contribution < -0.4 is 5.32 Å². The summed E-state index contributed by atoms with van der Waals surface area (Å²) in [6.07, 6.45) is 0. The average molecular weight is 412 g/mol. The first-order chi connectivity index (χ1) is 9.17. The highest BCUT2D eigenvalue weighted by Gasteiger charge is 2.06. The molecule has 1 aromatic rings. The molecule has 114 valence electrons. The molecule has 0 bridgehead atoms. The second kappa shape index (κ2) is 11.2. The molecule has 0 aromatic heterocycles. The van der Waals surface area contributed by atoms with Gasteiger partial charge in [-0.05, 0) is 24.6 Å². The molecule has 20 heavy (non-hydrogen) atoms. The molecule has 0 radical (unpaired) electrons. The molecule has 0 unspecified atom stereocenters. The molecular weight excluding hydrogens is 389 g/mol. The lowest BCUT2D eigenvalue weighted by Gasteiger charge is -2.22. The van der Waals surface area contributed by atoms with Crippen molar-refractivity contribution in [3.05, 3.63) is 34.9 Å². The number of aliphatic imine (C=N–C) groups is 1. The molecule has 0 aliphatic heterocycles. The first-order valence-electron chi connectivity index (χ1n) is 6.40. The van der Waals surface area contributed by atoms with E-state index in [2.05, 4.69) is 28.2 Å². The Balaban J connectivity index is 0.00000361. The van der Waals surface area contributed by atoms with Crippen molar-refractivity contribution in [3.8, 4) is 0 Å². The van der Waals surface area contributed by atoms with Gasteiger partial charge in [-0.2, -0.15) is 0 Å². The largest absolute Gasteiger partial charge is 0.383 e. The van der Waals surface area contributed by atoms with Crippen LogP contribution in [0.25, 0.3) is 0 Å². The second-order valence-electron chi connectivity index (χ2n) is 4.21. The SMILES string of the molecule is CCNC(=NCCOC)N(C)Cc1cccc(Cl)c1.I. The van der Waals surface area contributed by atoms with Crippen LogP contribution in [-0.4, -0.2) is 44.7 Å². The van der Waals surface area contributed by atoms with Crippen molar-refractivity contribution in [1.29, 1.82) is 0 Å². The lowest BCUT2D eigenvalue weighted by molar-refractivity contribution is 0.207. The molecule has 0 amide bonds. The van der Waals surface area contributed by atoms with Gasteiger partial charge in [-0.25, -0.2) is 0 Å². The van der Waals surface area contributed by atoms with E-state index < -0.39 is 0 Å². The monoisotopic (exact) mass is 411 g/mol. The van der Waals surface area contributed by atoms with E-state index in [1.807, 2.05) is 25.2 Å². The quantitative estimate of drug-likeness (QED) is 0.338. The maximum absolute atomic E-state index is 5.99. The smallest absolute Gasteiger partial charge is 0.194 e. The molecule has 1 rings (SSSR count). The molecule has 0 aliphatic carbocycles. The number of hydrogen-bond acceptors (Lipinski definition) is 2. The Morgan fingerprint density at radius 1 is 1.45 bits per heavy atom. The molecule has 0 saturated heterocycles. The van der Waals surface area contributed by atoms with Gasteiger partial charge in [0.2, 0.25) is 0 Å². The average Bonchev–Trinajstić information content (AvgIpc) is 2.38. The van der Waals surface area contributed by atoms with Crippen LogP contribution in [0.3, 0.4) is 0 Å². The Kier molecular flexibility index (Phi) is 10.9. The number of guanidine groups is 1. The maximum Gasteiger partial charge on any atom is 0.194 e. The molecule has 0 heterocycles. The van der Waals surface area contributed by atoms with E-state index in [-0.39, 0.29) is 24.0 Å². The van der Waals surface area contributed by atoms with Crippen molar-refractivity contribution in [3.63, 3.8) is 0 Å². The molecular formula is C14H23ClIN3O. The van der Waals surface area contributed by atoms with E-state index in [0.29, 0.717) is 13.2 Å². The zero-order chi connectivity index (χ0) is 14.1. The normalized spacial score (nSPS) is 10.9. The van der Waals surface area contributed by atoms with Gasteiger partial charge in [0.25, 0.3) is 0 Å². The van der Waals surface area contributed by atoms with E-state index in [1.54, 1.807) is 7.11 Å². The van der Waals surface area contributed by atoms with Crippen LogP contribution in [0.1, 0.15) is 12.5 Å². The van der Waals surface area contributed by atoms with Gasteiger partial charge >= 0.3 is 0 Å². The van der Waals surface area contributed by atoms with E-state index in [9.17, 15) is 0 Å². The minimum absolute atomic E-state index is 0. The van der Waals surface area contributed by atoms with E-state index >= 15 is 0 Å². The Morgan fingerprint density at radius 2 is 2.20 bits per heavy atom. The number of ether oxygens (including phenoxy) is 1. The number of hydrogen-bond donors (Lipinski definition) is 1. The van der Waals surface area contributed by atoms with Crippen LogP contribution in [0, 0.1) is 0 Å². The Labute approximate surface area is 143 Å². The van der Waals surface area contributed by atoms with Crippen LogP contribution >= 0.6 is 35.6 Å². The predicted molar refractivity (Wildman–Crippen MR) is 96.2 cm³/mol. The van der Waals surface area contributed by atoms with Gasteiger partial charge in [0, 0.05) is 32.3 Å². The van der Waals surface area contributed by atoms with Gasteiger partial charge in [-0.15, -0.1) is 24.0 Å². The maximum atomic E-state index is 5.99. The first kappa shape index (κ1) is 19.5. The summed E-state index contributed by atoms with van der Waals surface area (Å²) in [6.45, 7) is 4.93. The Bertz CT molecular complexity index is 415. The summed E-state index contributed by atoms with van der Waals surface area (Å²) in [5.74, 6) is 0.875. The standard InChI is InChI=1S/C14H22ClN3O.HI/c1-4-16-14(17-8-9-19-3)18(2)11-12-6-5-7-13(15)10-12;/h5-7,10H,4,8-9,11H2,1-3H3,(H,16,17);1H. The Morgan fingerprint density at radius 3 is 2.80 bits per heavy atom. The van der Waals surface area contributed by atoms with Crippen molar-refractivity contribution in [2.45, 2.75) is 13.5 Å². The van der Waals surface area contributed by atoms with E-state index in [0.717, 1.165) is 29.6 Å². The molecule has 0 atom stereocenters. The summed E-state index contributed by atoms with van der Waals surface area (Å²) < 4.78 is 5.01. The Hall–Kier alpha value is -0.530. The zero-order valence-electron chi connectivity index (χ0n) is 12.2. The summed E-state index contributed by atoms with van der Waals surface area (Å²) in [5.41, 5.74) is 1.16. The minimum atomic E-state index is 0. The lowest BCUT2D eigenvalue weighted by atomic mass is 10.2. The van der Waals surface area contributed by atoms with Gasteiger partial charge in [0.05, 0.1) is 13.2 Å². The minimum Gasteiger partial charge on any atom is -0.383 e. The van der Waals surface area contributed by atoms with Gasteiger partial charge in [-0.1, -0.05) is 23.7 Å². The molecule has 1 N–H and O–H groups in total. The number of halogens is 2. The van der Waals surface area contributed by atoms with Crippen molar-refractivity contribution < 1.29 is 4.74 Å². The highest BCUT2D eigenvalue weighted by Crippen LogP contribution is 2.12. The fraction of sp³-hybridized carbons (Fsp3) is 0.500. The molecule has 1 aromatic carbocycles. The van der Waals surface area contributed by atoms with Crippen LogP contribution in [-0.2, 0) is 11.3 Å². The van der Waals surface area contributed by atoms with Gasteiger partial charge in [0.15, 0.2) is 5.96 Å². The van der Waals surface area contributed by atoms with Gasteiger partial charge in [0.1, 0.15) is 0 Å². The summed E-state index contributed by atoms with van der Waals surface area (Å²) >= 11 is 5.99. The van der Waals surface area contributed by atoms with Crippen LogP contribution in [0.15, 0.2) is 29.3 Å². The molecule has 6 heteroatoms. The van der Waals surface area contributed by atoms with E-state index in [1.165, 1.54) is 0 Å². The van der Waals surface area contributed by atoms with Crippen LogP contribution in [0.4, 0.5) is 0 Å².